The summed E-state index contributed by atoms with van der Waals surface area (Å²) in [5.74, 6) is 0.830. The molecule has 5 nitrogen and oxygen atoms in total. The van der Waals surface area contributed by atoms with Crippen LogP contribution in [0.1, 0.15) is 27.0 Å². The fraction of sp³-hybridized carbons (Fsp3) is 0.167. The molecule has 0 aliphatic heterocycles. The Morgan fingerprint density at radius 2 is 1.79 bits per heavy atom. The summed E-state index contributed by atoms with van der Waals surface area (Å²) in [6, 6.07) is 17.0. The van der Waals surface area contributed by atoms with E-state index in [1.807, 2.05) is 57.2 Å². The summed E-state index contributed by atoms with van der Waals surface area (Å²) in [5.41, 5.74) is 6.74. The summed E-state index contributed by atoms with van der Waals surface area (Å²) in [7, 11) is 1.55. The first kappa shape index (κ1) is 18.7. The number of amides is 1. The molecule has 0 bridgehead atoms. The van der Waals surface area contributed by atoms with Gasteiger partial charge >= 0.3 is 0 Å². The van der Waals surface area contributed by atoms with Crippen molar-refractivity contribution in [3.63, 3.8) is 0 Å². The van der Waals surface area contributed by atoms with E-state index in [2.05, 4.69) is 16.4 Å². The number of fused-ring (bicyclic) bond motifs is 1. The van der Waals surface area contributed by atoms with Crippen molar-refractivity contribution < 1.29 is 13.9 Å². The molecule has 0 aliphatic rings. The van der Waals surface area contributed by atoms with E-state index in [0.29, 0.717) is 22.9 Å². The van der Waals surface area contributed by atoms with Gasteiger partial charge in [-0.2, -0.15) is 0 Å². The number of benzene rings is 3. The largest absolute Gasteiger partial charge is 0.496 e. The maximum atomic E-state index is 12.8. The van der Waals surface area contributed by atoms with Crippen molar-refractivity contribution in [3.05, 3.63) is 76.9 Å². The van der Waals surface area contributed by atoms with Gasteiger partial charge in [0.2, 0.25) is 5.89 Å². The molecular weight excluding hydrogens is 364 g/mol. The molecule has 146 valence electrons. The maximum absolute atomic E-state index is 12.8. The Bertz CT molecular complexity index is 1220. The van der Waals surface area contributed by atoms with Crippen LogP contribution in [0.3, 0.4) is 0 Å². The predicted molar refractivity (Wildman–Crippen MR) is 115 cm³/mol. The number of aryl methyl sites for hydroxylation is 3. The second-order valence-electron chi connectivity index (χ2n) is 7.13. The molecule has 0 aliphatic carbocycles. The molecule has 1 heterocycles. The molecule has 4 aromatic rings. The lowest BCUT2D eigenvalue weighted by Crippen LogP contribution is -2.14. The van der Waals surface area contributed by atoms with Gasteiger partial charge in [0.1, 0.15) is 11.3 Å². The first-order valence-corrected chi connectivity index (χ1v) is 9.39. The monoisotopic (exact) mass is 386 g/mol. The van der Waals surface area contributed by atoms with Crippen molar-refractivity contribution >= 4 is 22.7 Å². The fourth-order valence-electron chi connectivity index (χ4n) is 3.41. The van der Waals surface area contributed by atoms with E-state index >= 15 is 0 Å². The van der Waals surface area contributed by atoms with Crippen LogP contribution in [0.4, 0.5) is 5.69 Å². The van der Waals surface area contributed by atoms with Crippen molar-refractivity contribution in [2.75, 3.05) is 12.4 Å². The summed E-state index contributed by atoms with van der Waals surface area (Å²) < 4.78 is 11.3. The maximum Gasteiger partial charge on any atom is 0.259 e. The van der Waals surface area contributed by atoms with Crippen molar-refractivity contribution in [3.8, 4) is 17.2 Å². The molecule has 0 saturated heterocycles. The third-order valence-electron chi connectivity index (χ3n) is 4.90. The third kappa shape index (κ3) is 3.59. The van der Waals surface area contributed by atoms with Crippen LogP contribution in [0.25, 0.3) is 22.6 Å². The van der Waals surface area contributed by atoms with E-state index in [1.54, 1.807) is 19.2 Å². The van der Waals surface area contributed by atoms with Gasteiger partial charge in [-0.1, -0.05) is 24.3 Å². The number of anilines is 1. The number of hydrogen-bond acceptors (Lipinski definition) is 4. The van der Waals surface area contributed by atoms with Crippen LogP contribution in [0.15, 0.2) is 59.0 Å². The second-order valence-corrected chi connectivity index (χ2v) is 7.13. The standard InChI is InChI=1S/C24H22N2O3/c1-14-11-16(3)22-20(12-14)26-24(29-22)17-10-9-15(2)19(13-17)25-23(27)18-7-5-6-8-21(18)28-4/h5-13H,1-4H3,(H,25,27). The Labute approximate surface area is 169 Å². The molecule has 3 aromatic carbocycles. The topological polar surface area (TPSA) is 64.4 Å². The fourth-order valence-corrected chi connectivity index (χ4v) is 3.41. The molecule has 5 heteroatoms. The molecule has 0 atom stereocenters. The highest BCUT2D eigenvalue weighted by atomic mass is 16.5. The van der Waals surface area contributed by atoms with Gasteiger partial charge < -0.3 is 14.5 Å². The number of aromatic nitrogens is 1. The minimum atomic E-state index is -0.230. The Morgan fingerprint density at radius 1 is 1.00 bits per heavy atom. The quantitative estimate of drug-likeness (QED) is 0.490. The minimum Gasteiger partial charge on any atom is -0.496 e. The van der Waals surface area contributed by atoms with Crippen molar-refractivity contribution in [2.24, 2.45) is 0 Å². The number of para-hydroxylation sites is 1. The SMILES string of the molecule is COc1ccccc1C(=O)Nc1cc(-c2nc3cc(C)cc(C)c3o2)ccc1C. The highest BCUT2D eigenvalue weighted by molar-refractivity contribution is 6.06. The zero-order valence-electron chi connectivity index (χ0n) is 16.9. The van der Waals surface area contributed by atoms with E-state index in [1.165, 1.54) is 0 Å². The number of carbonyl (C=O) groups is 1. The number of carbonyl (C=O) groups excluding carboxylic acids is 1. The number of nitrogens with zero attached hydrogens (tertiary/aromatic N) is 1. The van der Waals surface area contributed by atoms with Gasteiger partial charge in [-0.25, -0.2) is 4.98 Å². The highest BCUT2D eigenvalue weighted by Crippen LogP contribution is 2.30. The molecule has 1 aromatic heterocycles. The Morgan fingerprint density at radius 3 is 2.59 bits per heavy atom. The van der Waals surface area contributed by atoms with Gasteiger partial charge in [0.05, 0.1) is 12.7 Å². The van der Waals surface area contributed by atoms with Crippen LogP contribution >= 0.6 is 0 Å². The molecule has 4 rings (SSSR count). The highest BCUT2D eigenvalue weighted by Gasteiger charge is 2.15. The molecule has 0 unspecified atom stereocenters. The van der Waals surface area contributed by atoms with Gasteiger partial charge in [0, 0.05) is 11.3 Å². The average Bonchev–Trinajstić information content (AvgIpc) is 3.14. The number of methoxy groups -OCH3 is 1. The molecule has 1 amide bonds. The molecule has 0 fully saturated rings. The van der Waals surface area contributed by atoms with Crippen LogP contribution in [0, 0.1) is 20.8 Å². The Kier molecular flexibility index (Phi) is 4.80. The lowest BCUT2D eigenvalue weighted by Gasteiger charge is -2.11. The summed E-state index contributed by atoms with van der Waals surface area (Å²) >= 11 is 0. The summed E-state index contributed by atoms with van der Waals surface area (Å²) in [6.45, 7) is 6.00. The lowest BCUT2D eigenvalue weighted by atomic mass is 10.1. The summed E-state index contributed by atoms with van der Waals surface area (Å²) in [6.07, 6.45) is 0. The number of oxazole rings is 1. The minimum absolute atomic E-state index is 0.230. The van der Waals surface area contributed by atoms with Crippen molar-refractivity contribution in [2.45, 2.75) is 20.8 Å². The van der Waals surface area contributed by atoms with E-state index in [0.717, 1.165) is 33.4 Å². The molecular formula is C24H22N2O3. The van der Waals surface area contributed by atoms with Gasteiger partial charge in [-0.05, 0) is 67.8 Å². The van der Waals surface area contributed by atoms with Crippen molar-refractivity contribution in [1.29, 1.82) is 0 Å². The van der Waals surface area contributed by atoms with Gasteiger partial charge in [0.25, 0.3) is 5.91 Å². The smallest absolute Gasteiger partial charge is 0.259 e. The molecule has 0 radical (unpaired) electrons. The summed E-state index contributed by atoms with van der Waals surface area (Å²) in [5, 5.41) is 2.98. The molecule has 0 spiro atoms. The number of hydrogen-bond donors (Lipinski definition) is 1. The van der Waals surface area contributed by atoms with Crippen LogP contribution in [0.2, 0.25) is 0 Å². The summed E-state index contributed by atoms with van der Waals surface area (Å²) in [4.78, 5) is 17.4. The van der Waals surface area contributed by atoms with Crippen LogP contribution in [0.5, 0.6) is 5.75 Å². The van der Waals surface area contributed by atoms with Crippen LogP contribution in [-0.4, -0.2) is 18.0 Å². The Balaban J connectivity index is 1.70. The normalized spacial score (nSPS) is 10.9. The lowest BCUT2D eigenvalue weighted by molar-refractivity contribution is 0.102. The first-order chi connectivity index (χ1) is 14.0. The predicted octanol–water partition coefficient (Wildman–Crippen LogP) is 5.68. The van der Waals surface area contributed by atoms with E-state index in [9.17, 15) is 4.79 Å². The second kappa shape index (κ2) is 7.43. The zero-order valence-corrected chi connectivity index (χ0v) is 16.9. The van der Waals surface area contributed by atoms with E-state index in [4.69, 9.17) is 9.15 Å². The van der Waals surface area contributed by atoms with Gasteiger partial charge in [-0.3, -0.25) is 4.79 Å². The first-order valence-electron chi connectivity index (χ1n) is 9.39. The Hall–Kier alpha value is -3.60. The third-order valence-corrected chi connectivity index (χ3v) is 4.90. The molecule has 29 heavy (non-hydrogen) atoms. The van der Waals surface area contributed by atoms with Crippen molar-refractivity contribution in [1.82, 2.24) is 4.98 Å². The molecule has 0 saturated carbocycles. The van der Waals surface area contributed by atoms with E-state index < -0.39 is 0 Å². The number of nitrogens with one attached hydrogen (secondary N) is 1. The van der Waals surface area contributed by atoms with Gasteiger partial charge in [0.15, 0.2) is 5.58 Å². The number of ether oxygens (including phenoxy) is 1. The van der Waals surface area contributed by atoms with Crippen LogP contribution < -0.4 is 10.1 Å². The van der Waals surface area contributed by atoms with Crippen LogP contribution in [-0.2, 0) is 0 Å². The number of rotatable bonds is 4. The zero-order chi connectivity index (χ0) is 20.5. The molecule has 1 N–H and O–H groups in total. The van der Waals surface area contributed by atoms with E-state index in [-0.39, 0.29) is 5.91 Å². The average molecular weight is 386 g/mol. The van der Waals surface area contributed by atoms with Gasteiger partial charge in [-0.15, -0.1) is 0 Å².